The summed E-state index contributed by atoms with van der Waals surface area (Å²) in [4.78, 5) is 14.1. The molecule has 0 spiro atoms. The summed E-state index contributed by atoms with van der Waals surface area (Å²) in [5, 5.41) is 21.6. The number of hydrogen-bond acceptors (Lipinski definition) is 5. The lowest BCUT2D eigenvalue weighted by atomic mass is 10.0. The molecule has 0 aliphatic heterocycles. The third-order valence-electron chi connectivity index (χ3n) is 8.37. The number of hydrogen-bond donors (Lipinski definition) is 2. The minimum absolute atomic E-state index is 0.120. The normalized spacial score (nSPS) is 14.0. The Morgan fingerprint density at radius 1 is 0.575 bits per heavy atom. The molecule has 0 saturated heterocycles. The summed E-state index contributed by atoms with van der Waals surface area (Å²) < 4.78 is 5.11. The molecule has 0 aliphatic carbocycles. The van der Waals surface area contributed by atoms with E-state index < -0.39 is 0 Å². The average molecular weight is 570 g/mol. The fourth-order valence-corrected chi connectivity index (χ4v) is 5.64. The molecule has 0 fully saturated rings. The average Bonchev–Trinajstić information content (AvgIpc) is 2.93. The van der Waals surface area contributed by atoms with Crippen molar-refractivity contribution in [3.05, 3.63) is 0 Å². The quantitative estimate of drug-likeness (QED) is 0.0643. The standard InChI is InChI=1S/C35H71NO4/c1-5-8-10-12-14-16-18-20-22-24-26-33(37)30-36(32(4)28-29-35(39)40-7-3)31-34(38)27-25-23-21-19-17-15-13-11-9-6-2/h32-34,37-38H,5-31H2,1-4H3. The molecule has 0 bridgehead atoms. The summed E-state index contributed by atoms with van der Waals surface area (Å²) in [6.45, 7) is 10.0. The van der Waals surface area contributed by atoms with Gasteiger partial charge in [0.05, 0.1) is 18.8 Å². The zero-order valence-corrected chi connectivity index (χ0v) is 27.5. The Morgan fingerprint density at radius 3 is 1.27 bits per heavy atom. The second-order valence-electron chi connectivity index (χ2n) is 12.4. The molecule has 5 nitrogen and oxygen atoms in total. The Bertz CT molecular complexity index is 498. The number of rotatable bonds is 31. The van der Waals surface area contributed by atoms with E-state index in [4.69, 9.17) is 4.74 Å². The Balaban J connectivity index is 4.32. The highest BCUT2D eigenvalue weighted by molar-refractivity contribution is 5.69. The molecule has 0 rings (SSSR count). The Morgan fingerprint density at radius 2 is 0.925 bits per heavy atom. The van der Waals surface area contributed by atoms with E-state index in [9.17, 15) is 15.0 Å². The molecule has 0 aromatic carbocycles. The van der Waals surface area contributed by atoms with Crippen molar-refractivity contribution in [3.63, 3.8) is 0 Å². The van der Waals surface area contributed by atoms with Gasteiger partial charge in [-0.2, -0.15) is 0 Å². The van der Waals surface area contributed by atoms with E-state index in [1.54, 1.807) is 0 Å². The first kappa shape index (κ1) is 39.4. The number of ether oxygens (including phenoxy) is 1. The first-order chi connectivity index (χ1) is 19.4. The smallest absolute Gasteiger partial charge is 0.305 e. The molecular formula is C35H71NO4. The van der Waals surface area contributed by atoms with Crippen LogP contribution in [0.1, 0.15) is 182 Å². The summed E-state index contributed by atoms with van der Waals surface area (Å²) in [7, 11) is 0. The van der Waals surface area contributed by atoms with Gasteiger partial charge in [-0.25, -0.2) is 0 Å². The summed E-state index contributed by atoms with van der Waals surface area (Å²) >= 11 is 0. The van der Waals surface area contributed by atoms with Crippen LogP contribution in [0.4, 0.5) is 0 Å². The van der Waals surface area contributed by atoms with Gasteiger partial charge in [0.2, 0.25) is 0 Å². The molecule has 0 aromatic heterocycles. The highest BCUT2D eigenvalue weighted by atomic mass is 16.5. The van der Waals surface area contributed by atoms with Gasteiger partial charge in [-0.15, -0.1) is 0 Å². The molecule has 0 saturated carbocycles. The van der Waals surface area contributed by atoms with Crippen LogP contribution >= 0.6 is 0 Å². The molecule has 0 amide bonds. The number of nitrogens with zero attached hydrogens (tertiary/aromatic N) is 1. The van der Waals surface area contributed by atoms with Gasteiger partial charge in [0.15, 0.2) is 0 Å². The van der Waals surface area contributed by atoms with E-state index in [2.05, 4.69) is 25.7 Å². The van der Waals surface area contributed by atoms with Crippen molar-refractivity contribution in [2.45, 2.75) is 200 Å². The molecule has 2 N–H and O–H groups in total. The molecule has 240 valence electrons. The van der Waals surface area contributed by atoms with Crippen molar-refractivity contribution in [2.24, 2.45) is 0 Å². The van der Waals surface area contributed by atoms with Gasteiger partial charge in [0.1, 0.15) is 0 Å². The second-order valence-corrected chi connectivity index (χ2v) is 12.4. The largest absolute Gasteiger partial charge is 0.466 e. The van der Waals surface area contributed by atoms with E-state index in [1.807, 2.05) is 6.92 Å². The van der Waals surface area contributed by atoms with Crippen LogP contribution in [-0.4, -0.2) is 59.0 Å². The predicted octanol–water partition coefficient (Wildman–Crippen LogP) is 9.36. The van der Waals surface area contributed by atoms with Gasteiger partial charge in [-0.05, 0) is 33.1 Å². The second kappa shape index (κ2) is 29.8. The number of carbonyl (C=O) groups is 1. The van der Waals surface area contributed by atoms with Crippen LogP contribution in [0.3, 0.4) is 0 Å². The lowest BCUT2D eigenvalue weighted by Crippen LogP contribution is -2.43. The Hall–Kier alpha value is -0.650. The van der Waals surface area contributed by atoms with Gasteiger partial charge in [-0.3, -0.25) is 9.69 Å². The summed E-state index contributed by atoms with van der Waals surface area (Å²) in [6, 6.07) is 0.120. The fourth-order valence-electron chi connectivity index (χ4n) is 5.64. The molecule has 3 unspecified atom stereocenters. The predicted molar refractivity (Wildman–Crippen MR) is 172 cm³/mol. The van der Waals surface area contributed by atoms with Gasteiger partial charge in [-0.1, -0.05) is 142 Å². The maximum absolute atomic E-state index is 11.9. The molecule has 0 aliphatic rings. The number of aliphatic hydroxyl groups excluding tert-OH is 2. The van der Waals surface area contributed by atoms with Crippen molar-refractivity contribution in [1.29, 1.82) is 0 Å². The van der Waals surface area contributed by atoms with E-state index in [1.165, 1.54) is 116 Å². The van der Waals surface area contributed by atoms with Gasteiger partial charge in [0, 0.05) is 25.6 Å². The SMILES string of the molecule is CCCCCCCCCCCCC(O)CN(CC(O)CCCCCCCCCCCC)C(C)CCC(=O)OCC. The van der Waals surface area contributed by atoms with Crippen molar-refractivity contribution in [3.8, 4) is 0 Å². The van der Waals surface area contributed by atoms with Crippen LogP contribution < -0.4 is 0 Å². The van der Waals surface area contributed by atoms with E-state index in [-0.39, 0.29) is 24.2 Å². The van der Waals surface area contributed by atoms with Crippen LogP contribution in [0, 0.1) is 0 Å². The van der Waals surface area contributed by atoms with E-state index >= 15 is 0 Å². The molecular weight excluding hydrogens is 498 g/mol. The zero-order chi connectivity index (χ0) is 29.7. The topological polar surface area (TPSA) is 70.0 Å². The number of aliphatic hydroxyl groups is 2. The molecule has 3 atom stereocenters. The van der Waals surface area contributed by atoms with E-state index in [0.29, 0.717) is 32.5 Å². The van der Waals surface area contributed by atoms with Crippen molar-refractivity contribution in [2.75, 3.05) is 19.7 Å². The molecule has 0 heterocycles. The number of carbonyl (C=O) groups excluding carboxylic acids is 1. The molecule has 40 heavy (non-hydrogen) atoms. The van der Waals surface area contributed by atoms with Crippen LogP contribution in [-0.2, 0) is 9.53 Å². The Kier molecular flexibility index (Phi) is 29.3. The highest BCUT2D eigenvalue weighted by Crippen LogP contribution is 2.17. The van der Waals surface area contributed by atoms with Crippen LogP contribution in [0.2, 0.25) is 0 Å². The lowest BCUT2D eigenvalue weighted by molar-refractivity contribution is -0.143. The van der Waals surface area contributed by atoms with Gasteiger partial charge >= 0.3 is 5.97 Å². The van der Waals surface area contributed by atoms with Gasteiger partial charge < -0.3 is 14.9 Å². The Labute approximate surface area is 250 Å². The summed E-state index contributed by atoms with van der Waals surface area (Å²) in [5.74, 6) is -0.161. The maximum atomic E-state index is 11.9. The molecule has 0 radical (unpaired) electrons. The molecule has 5 heteroatoms. The van der Waals surface area contributed by atoms with Gasteiger partial charge in [0.25, 0.3) is 0 Å². The third-order valence-corrected chi connectivity index (χ3v) is 8.37. The maximum Gasteiger partial charge on any atom is 0.305 e. The summed E-state index contributed by atoms with van der Waals surface area (Å²) in [5.41, 5.74) is 0. The first-order valence-electron chi connectivity index (χ1n) is 17.7. The lowest BCUT2D eigenvalue weighted by Gasteiger charge is -2.32. The fraction of sp³-hybridized carbons (Fsp3) is 0.971. The zero-order valence-electron chi connectivity index (χ0n) is 27.5. The third kappa shape index (κ3) is 26.3. The van der Waals surface area contributed by atoms with Crippen molar-refractivity contribution in [1.82, 2.24) is 4.90 Å². The van der Waals surface area contributed by atoms with Crippen molar-refractivity contribution < 1.29 is 19.7 Å². The number of unbranched alkanes of at least 4 members (excludes halogenated alkanes) is 18. The summed E-state index contributed by atoms with van der Waals surface area (Å²) in [6.07, 6.45) is 27.8. The van der Waals surface area contributed by atoms with Crippen LogP contribution in [0.5, 0.6) is 0 Å². The van der Waals surface area contributed by atoms with Crippen molar-refractivity contribution >= 4 is 5.97 Å². The molecule has 0 aromatic rings. The van der Waals surface area contributed by atoms with Crippen LogP contribution in [0.15, 0.2) is 0 Å². The monoisotopic (exact) mass is 570 g/mol. The van der Waals surface area contributed by atoms with E-state index in [0.717, 1.165) is 25.7 Å². The number of esters is 1. The minimum Gasteiger partial charge on any atom is -0.466 e. The highest BCUT2D eigenvalue weighted by Gasteiger charge is 2.21. The van der Waals surface area contributed by atoms with Crippen LogP contribution in [0.25, 0.3) is 0 Å². The first-order valence-corrected chi connectivity index (χ1v) is 17.7. The minimum atomic E-state index is -0.386.